The number of esters is 1. The third-order valence-corrected chi connectivity index (χ3v) is 29.8. The highest BCUT2D eigenvalue weighted by molar-refractivity contribution is 7.92. The summed E-state index contributed by atoms with van der Waals surface area (Å²) in [6.07, 6.45) is -7.48. The number of pyridine rings is 2. The maximum atomic E-state index is 14.0. The summed E-state index contributed by atoms with van der Waals surface area (Å²) in [7, 11) is -10.4. The minimum Gasteiger partial charge on any atom is -0.465 e. The maximum Gasteiger partial charge on any atom is 0.419 e. The number of rotatable bonds is 20. The van der Waals surface area contributed by atoms with Crippen LogP contribution >= 0.6 is 80.1 Å². The van der Waals surface area contributed by atoms with Crippen LogP contribution in [0.5, 0.6) is 0 Å². The molecule has 0 spiro atoms. The summed E-state index contributed by atoms with van der Waals surface area (Å²) < 4.78 is 196. The first-order chi connectivity index (χ1) is 53.1. The number of methoxy groups -OCH3 is 1. The number of amides is 3. The minimum absolute atomic E-state index is 0.00901. The molecule has 0 bridgehead atoms. The van der Waals surface area contributed by atoms with Gasteiger partial charge in [-0.25, -0.2) is 48.8 Å². The molecule has 0 radical (unpaired) electrons. The van der Waals surface area contributed by atoms with Crippen LogP contribution in [-0.2, 0) is 66.8 Å². The average Bonchev–Trinajstić information content (AvgIpc) is 1.55. The number of halogens is 11. The number of thiophene rings is 4. The molecule has 3 amide bonds. The fraction of sp³-hybridized carbons (Fsp3) is 0.264. The van der Waals surface area contributed by atoms with Gasteiger partial charge in [0.05, 0.1) is 59.2 Å². The van der Waals surface area contributed by atoms with Crippen LogP contribution in [0.2, 0.25) is 15.1 Å². The van der Waals surface area contributed by atoms with E-state index in [1.54, 1.807) is 95.9 Å². The van der Waals surface area contributed by atoms with E-state index in [4.69, 9.17) is 39.5 Å². The third-order valence-electron chi connectivity index (χ3n) is 17.7. The lowest BCUT2D eigenvalue weighted by molar-refractivity contribution is -0.137. The van der Waals surface area contributed by atoms with Crippen molar-refractivity contribution >= 4 is 162 Å². The van der Waals surface area contributed by atoms with Crippen LogP contribution in [0.1, 0.15) is 90.4 Å². The average molecular weight is 1740 g/mol. The summed E-state index contributed by atoms with van der Waals surface area (Å²) in [6.45, 7) is 1.07. The number of benzene rings is 4. The Kier molecular flexibility index (Phi) is 27.0. The number of ketones is 1. The van der Waals surface area contributed by atoms with Gasteiger partial charge < -0.3 is 30.5 Å². The number of fused-ring (bicyclic) bond motifs is 1. The molecule has 0 saturated carbocycles. The van der Waals surface area contributed by atoms with E-state index >= 15 is 0 Å². The predicted octanol–water partition coefficient (Wildman–Crippen LogP) is 14.4. The zero-order valence-corrected chi connectivity index (χ0v) is 66.2. The zero-order chi connectivity index (χ0) is 80.6. The second-order valence-electron chi connectivity index (χ2n) is 24.9. The number of anilines is 2. The lowest BCUT2D eigenvalue weighted by Crippen LogP contribution is -2.49. The van der Waals surface area contributed by atoms with Crippen molar-refractivity contribution in [3.63, 3.8) is 0 Å². The van der Waals surface area contributed by atoms with Crippen molar-refractivity contribution in [2.24, 2.45) is 5.92 Å². The van der Waals surface area contributed by atoms with E-state index in [1.807, 2.05) is 0 Å². The highest BCUT2D eigenvalue weighted by Crippen LogP contribution is 2.42. The van der Waals surface area contributed by atoms with Gasteiger partial charge in [-0.15, -0.1) is 45.3 Å². The van der Waals surface area contributed by atoms with E-state index in [0.29, 0.717) is 52.5 Å². The lowest BCUT2D eigenvalue weighted by atomic mass is 9.89. The lowest BCUT2D eigenvalue weighted by Gasteiger charge is -2.35. The number of hydrogen-bond acceptors (Lipinski definition) is 20. The molecule has 13 rings (SSSR count). The molecule has 22 nitrogen and oxygen atoms in total. The highest BCUT2D eigenvalue weighted by atomic mass is 35.5. The summed E-state index contributed by atoms with van der Waals surface area (Å²) >= 11 is 21.4. The van der Waals surface area contributed by atoms with Crippen molar-refractivity contribution in [3.05, 3.63) is 237 Å². The molecular formula is C72H63Cl3F8N10O12S7. The highest BCUT2D eigenvalue weighted by Gasteiger charge is 2.41. The van der Waals surface area contributed by atoms with Crippen LogP contribution in [0.15, 0.2) is 170 Å². The topological polar surface area (TPSA) is 275 Å². The first-order valence-corrected chi connectivity index (χ1v) is 42.3. The number of carbonyl (C=O) groups is 5. The largest absolute Gasteiger partial charge is 0.465 e. The SMILES string of the molecule is COC(=O)c1csc2c(C(F)(F)F)cc(N3CCN(S(=O)(=O)c4ccc(CNC(=O)c5ccc(Cl)cc5)s4)CC3)nc12.O=C(NCc1ccc(S(=O)(=O)N2CCC(C(=O)c3ccc(F)cc3F)CC2)s1)c1ccc(Cl)cc1.O=C(NCc1ccc(S(=O)(=O)N2CCN(c3ncccc3C(F)(F)F)CC2)s1)c1ccc(Cl)cc1. The summed E-state index contributed by atoms with van der Waals surface area (Å²) in [4.78, 5) is 74.8. The first kappa shape index (κ1) is 84.3. The first-order valence-electron chi connectivity index (χ1n) is 33.6. The van der Waals surface area contributed by atoms with Crippen molar-refractivity contribution in [1.29, 1.82) is 0 Å². The molecule has 6 aromatic heterocycles. The standard InChI is InChI=1S/C26H22ClF3N4O5S3.C24H21ClF2N2O4S2.C22H20ClF3N4O3S2/c1-39-25(36)18-14-40-23-19(26(28,29)30)12-20(32-22(18)23)33-8-10-34(11-9-33)42(37,38)21-7-6-17(41-21)13-31-24(35)15-2-4-16(27)5-3-15;25-17-3-1-16(2-4-17)24(31)28-14-19-6-8-22(34-19)35(32,33)29-11-9-15(10-12-29)23(30)20-7-5-18(26)13-21(20)27;23-16-5-3-15(4-6-16)21(31)28-14-17-7-8-19(34-17)35(32,33)30-12-10-29(11-13-30)20-18(22(24,25)26)2-1-9-27-20/h2-7,12,14H,8-11,13H2,1H3,(H,31,35);1-8,13,15H,9-12,14H2,(H,28,31);1-9H,10-14H2,(H,28,31). The number of piperazine rings is 2. The Morgan fingerprint density at radius 2 is 0.920 bits per heavy atom. The zero-order valence-electron chi connectivity index (χ0n) is 58.2. The molecule has 40 heteroatoms. The molecular weight excluding hydrogens is 1680 g/mol. The van der Waals surface area contributed by atoms with Gasteiger partial charge in [-0.05, 0) is 152 Å². The number of ether oxygens (including phenoxy) is 1. The van der Waals surface area contributed by atoms with Gasteiger partial charge in [0.15, 0.2) is 5.78 Å². The predicted molar refractivity (Wildman–Crippen MR) is 410 cm³/mol. The molecule has 0 unspecified atom stereocenters. The molecule has 592 valence electrons. The van der Waals surface area contributed by atoms with E-state index in [9.17, 15) is 84.3 Å². The summed E-state index contributed by atoms with van der Waals surface area (Å²) in [5, 5.41) is 11.0. The van der Waals surface area contributed by atoms with Crippen molar-refractivity contribution in [2.45, 2.75) is 57.5 Å². The molecule has 9 heterocycles. The van der Waals surface area contributed by atoms with Crippen molar-refractivity contribution < 1.29 is 89.1 Å². The number of sulfonamides is 3. The molecule has 3 N–H and O–H groups in total. The van der Waals surface area contributed by atoms with E-state index in [0.717, 1.165) is 76.7 Å². The summed E-state index contributed by atoms with van der Waals surface area (Å²) in [5.74, 6) is -4.63. The van der Waals surface area contributed by atoms with E-state index in [1.165, 1.54) is 53.7 Å². The Hall–Kier alpha value is -8.57. The molecule has 3 fully saturated rings. The van der Waals surface area contributed by atoms with Crippen molar-refractivity contribution in [3.8, 4) is 0 Å². The van der Waals surface area contributed by atoms with Crippen LogP contribution in [-0.4, -0.2) is 150 Å². The fourth-order valence-electron chi connectivity index (χ4n) is 11.8. The molecule has 10 aromatic rings. The number of nitrogens with zero attached hydrogens (tertiary/aromatic N) is 7. The van der Waals surface area contributed by atoms with Crippen LogP contribution in [0, 0.1) is 17.6 Å². The van der Waals surface area contributed by atoms with E-state index in [2.05, 4.69) is 25.9 Å². The molecule has 0 aliphatic carbocycles. The number of carbonyl (C=O) groups excluding carboxylic acids is 5. The molecule has 3 aliphatic heterocycles. The summed E-state index contributed by atoms with van der Waals surface area (Å²) in [5.41, 5.74) is -0.846. The van der Waals surface area contributed by atoms with Crippen LogP contribution < -0.4 is 25.8 Å². The maximum absolute atomic E-state index is 14.0. The molecule has 3 saturated heterocycles. The Bertz CT molecular complexity index is 5460. The third kappa shape index (κ3) is 20.3. The van der Waals surface area contributed by atoms with Gasteiger partial charge in [0.2, 0.25) is 0 Å². The minimum atomic E-state index is -4.69. The second kappa shape index (κ2) is 35.9. The Labute approximate surface area is 667 Å². The van der Waals surface area contributed by atoms with Gasteiger partial charge in [-0.1, -0.05) is 34.8 Å². The van der Waals surface area contributed by atoms with E-state index < -0.39 is 82.9 Å². The normalized spacial score (nSPS) is 15.0. The smallest absolute Gasteiger partial charge is 0.419 e. The molecule has 112 heavy (non-hydrogen) atoms. The van der Waals surface area contributed by atoms with Gasteiger partial charge in [-0.3, -0.25) is 19.2 Å². The van der Waals surface area contributed by atoms with E-state index in [-0.39, 0.29) is 161 Å². The van der Waals surface area contributed by atoms with Crippen molar-refractivity contribution in [2.75, 3.05) is 82.4 Å². The monoisotopic (exact) mass is 1740 g/mol. The van der Waals surface area contributed by atoms with Gasteiger partial charge in [0.25, 0.3) is 47.8 Å². The van der Waals surface area contributed by atoms with Gasteiger partial charge in [-0.2, -0.15) is 39.3 Å². The number of aromatic nitrogens is 2. The summed E-state index contributed by atoms with van der Waals surface area (Å²) in [6, 6.07) is 34.4. The van der Waals surface area contributed by atoms with Gasteiger partial charge in [0, 0.05) is 135 Å². The molecule has 0 atom stereocenters. The number of piperidine rings is 1. The van der Waals surface area contributed by atoms with Gasteiger partial charge in [0.1, 0.15) is 35.9 Å². The Balaban J connectivity index is 0.000000167. The number of hydrogen-bond donors (Lipinski definition) is 3. The number of alkyl halides is 6. The van der Waals surface area contributed by atoms with Crippen LogP contribution in [0.25, 0.3) is 10.2 Å². The van der Waals surface area contributed by atoms with Crippen LogP contribution in [0.3, 0.4) is 0 Å². The van der Waals surface area contributed by atoms with Crippen LogP contribution in [0.4, 0.5) is 46.8 Å². The Morgan fingerprint density at radius 3 is 1.32 bits per heavy atom. The molecule has 3 aliphatic rings. The second-order valence-corrected chi connectivity index (χ2v) is 37.1. The quantitative estimate of drug-likeness (QED) is 0.0363. The molecule has 4 aromatic carbocycles. The number of Topliss-reactive ketones (excluding diaryl/α,β-unsaturated/α-hetero) is 1. The van der Waals surface area contributed by atoms with Gasteiger partial charge >= 0.3 is 18.3 Å². The Morgan fingerprint density at radius 1 is 0.509 bits per heavy atom. The number of nitrogens with one attached hydrogen (secondary N) is 3. The van der Waals surface area contributed by atoms with Crippen molar-refractivity contribution in [1.82, 2.24) is 38.8 Å². The fourth-order valence-corrected chi connectivity index (χ4v) is 21.9.